The Morgan fingerprint density at radius 2 is 1.77 bits per heavy atom. The third-order valence-electron chi connectivity index (χ3n) is 7.33. The lowest BCUT2D eigenvalue weighted by atomic mass is 9.85. The molecule has 1 saturated heterocycles. The molecule has 5 rings (SSSR count). The highest BCUT2D eigenvalue weighted by Gasteiger charge is 2.30. The number of aromatic nitrogens is 4. The van der Waals surface area contributed by atoms with Crippen molar-refractivity contribution in [3.05, 3.63) is 33.4 Å². The fourth-order valence-corrected chi connectivity index (χ4v) is 7.15. The Labute approximate surface area is 241 Å². The fourth-order valence-electron chi connectivity index (χ4n) is 5.33. The number of nitrogens with one attached hydrogen (secondary N) is 2. The standard InChI is InChI=1S/C24H29Cl3N8O3S/c1-39(37,38)34-8-2-3-15(12-34)30-23-29-11-19-22(33-23)35(16-6-4-13(5-7-16)21(28)36)24(31-19)32-20-17(26)9-14(25)10-18(20)27/h9-11,13,15-16H,2-8,12H2,1H3,(H2,28,36)(H,31,32)(H,29,30,33). The minimum Gasteiger partial charge on any atom is -0.369 e. The smallest absolute Gasteiger partial charge is 0.225 e. The number of amides is 1. The van der Waals surface area contributed by atoms with Gasteiger partial charge in [-0.05, 0) is 50.7 Å². The molecular formula is C24H29Cl3N8O3S. The van der Waals surface area contributed by atoms with Crippen LogP contribution in [0.15, 0.2) is 18.3 Å². The average Bonchev–Trinajstić information content (AvgIpc) is 3.23. The Hall–Kier alpha value is -2.38. The summed E-state index contributed by atoms with van der Waals surface area (Å²) in [6.07, 6.45) is 7.10. The van der Waals surface area contributed by atoms with Crippen molar-refractivity contribution in [3.8, 4) is 0 Å². The average molecular weight is 616 g/mol. The Morgan fingerprint density at radius 1 is 1.08 bits per heavy atom. The molecule has 15 heteroatoms. The summed E-state index contributed by atoms with van der Waals surface area (Å²) in [5.41, 5.74) is 7.17. The van der Waals surface area contributed by atoms with E-state index >= 15 is 0 Å². The number of fused-ring (bicyclic) bond motifs is 1. The Kier molecular flexibility index (Phi) is 8.12. The van der Waals surface area contributed by atoms with Crippen LogP contribution in [0.5, 0.6) is 0 Å². The summed E-state index contributed by atoms with van der Waals surface area (Å²) in [6, 6.07) is 3.04. The predicted molar refractivity (Wildman–Crippen MR) is 153 cm³/mol. The summed E-state index contributed by atoms with van der Waals surface area (Å²) in [4.78, 5) is 25.8. The van der Waals surface area contributed by atoms with Crippen LogP contribution in [0.25, 0.3) is 11.2 Å². The number of imidazole rings is 1. The number of carbonyl (C=O) groups excluding carboxylic acids is 1. The molecule has 1 aromatic carbocycles. The first-order valence-electron chi connectivity index (χ1n) is 12.7. The molecule has 4 N–H and O–H groups in total. The van der Waals surface area contributed by atoms with Crippen LogP contribution in [0.2, 0.25) is 15.1 Å². The van der Waals surface area contributed by atoms with E-state index in [0.717, 1.165) is 12.8 Å². The number of hydrogen-bond acceptors (Lipinski definition) is 8. The van der Waals surface area contributed by atoms with Gasteiger partial charge in [0.1, 0.15) is 5.52 Å². The van der Waals surface area contributed by atoms with Gasteiger partial charge in [-0.1, -0.05) is 34.8 Å². The van der Waals surface area contributed by atoms with Crippen molar-refractivity contribution >= 4 is 79.5 Å². The number of nitrogens with two attached hydrogens (primary N) is 1. The molecule has 2 fully saturated rings. The van der Waals surface area contributed by atoms with Crippen molar-refractivity contribution < 1.29 is 13.2 Å². The molecule has 1 saturated carbocycles. The third kappa shape index (κ3) is 6.19. The van der Waals surface area contributed by atoms with E-state index in [-0.39, 0.29) is 23.9 Å². The van der Waals surface area contributed by atoms with Crippen molar-refractivity contribution in [1.29, 1.82) is 0 Å². The molecule has 39 heavy (non-hydrogen) atoms. The monoisotopic (exact) mass is 614 g/mol. The van der Waals surface area contributed by atoms with Gasteiger partial charge >= 0.3 is 0 Å². The number of carbonyl (C=O) groups is 1. The van der Waals surface area contributed by atoms with E-state index < -0.39 is 10.0 Å². The highest BCUT2D eigenvalue weighted by atomic mass is 35.5. The lowest BCUT2D eigenvalue weighted by molar-refractivity contribution is -0.122. The zero-order valence-corrected chi connectivity index (χ0v) is 24.3. The first-order chi connectivity index (χ1) is 18.5. The maximum Gasteiger partial charge on any atom is 0.225 e. The van der Waals surface area contributed by atoms with Gasteiger partial charge in [0.05, 0.1) is 28.2 Å². The van der Waals surface area contributed by atoms with E-state index in [2.05, 4.69) is 15.6 Å². The number of benzene rings is 1. The lowest BCUT2D eigenvalue weighted by Crippen LogP contribution is -2.44. The summed E-state index contributed by atoms with van der Waals surface area (Å²) in [5.74, 6) is 0.407. The molecule has 3 heterocycles. The van der Waals surface area contributed by atoms with Crippen LogP contribution in [0, 0.1) is 5.92 Å². The van der Waals surface area contributed by atoms with E-state index in [4.69, 9.17) is 50.5 Å². The van der Waals surface area contributed by atoms with Gasteiger partial charge < -0.3 is 16.4 Å². The van der Waals surface area contributed by atoms with Crippen molar-refractivity contribution in [2.45, 2.75) is 50.6 Å². The summed E-state index contributed by atoms with van der Waals surface area (Å²) < 4.78 is 27.6. The quantitative estimate of drug-likeness (QED) is 0.350. The van der Waals surface area contributed by atoms with Crippen LogP contribution in [0.4, 0.5) is 17.6 Å². The summed E-state index contributed by atoms with van der Waals surface area (Å²) in [5, 5.41) is 7.64. The number of halogens is 3. The van der Waals surface area contributed by atoms with Crippen molar-refractivity contribution in [2.24, 2.45) is 11.7 Å². The van der Waals surface area contributed by atoms with E-state index in [0.29, 0.717) is 82.6 Å². The predicted octanol–water partition coefficient (Wildman–Crippen LogP) is 4.58. The SMILES string of the molecule is CS(=O)(=O)N1CCCC(Nc2ncc3nc(Nc4c(Cl)cc(Cl)cc4Cl)n(C4CCC(C(N)=O)CC4)c3n2)C1. The van der Waals surface area contributed by atoms with Gasteiger partial charge in [-0.25, -0.2) is 22.7 Å². The largest absolute Gasteiger partial charge is 0.369 e. The topological polar surface area (TPSA) is 148 Å². The number of primary amides is 1. The highest BCUT2D eigenvalue weighted by molar-refractivity contribution is 7.88. The third-order valence-corrected chi connectivity index (χ3v) is 9.41. The van der Waals surface area contributed by atoms with Gasteiger partial charge in [-0.3, -0.25) is 9.36 Å². The van der Waals surface area contributed by atoms with Gasteiger partial charge in [0, 0.05) is 36.1 Å². The summed E-state index contributed by atoms with van der Waals surface area (Å²) in [7, 11) is -3.29. The minimum atomic E-state index is -3.29. The fraction of sp³-hybridized carbons (Fsp3) is 0.500. The molecule has 1 aliphatic heterocycles. The Bertz CT molecular complexity index is 1480. The Balaban J connectivity index is 1.50. The molecule has 2 aromatic heterocycles. The van der Waals surface area contributed by atoms with E-state index in [1.54, 1.807) is 18.3 Å². The normalized spacial score (nSPS) is 22.6. The first kappa shape index (κ1) is 28.2. The molecule has 1 aliphatic carbocycles. The number of sulfonamides is 1. The molecule has 1 unspecified atom stereocenters. The number of anilines is 3. The summed E-state index contributed by atoms with van der Waals surface area (Å²) >= 11 is 19.0. The van der Waals surface area contributed by atoms with Crippen molar-refractivity contribution in [3.63, 3.8) is 0 Å². The number of piperidine rings is 1. The summed E-state index contributed by atoms with van der Waals surface area (Å²) in [6.45, 7) is 0.847. The lowest BCUT2D eigenvalue weighted by Gasteiger charge is -2.31. The molecule has 3 aromatic rings. The van der Waals surface area contributed by atoms with E-state index in [9.17, 15) is 13.2 Å². The number of hydrogen-bond donors (Lipinski definition) is 3. The van der Waals surface area contributed by atoms with Crippen LogP contribution in [-0.2, 0) is 14.8 Å². The number of rotatable bonds is 7. The van der Waals surface area contributed by atoms with Crippen LogP contribution in [-0.4, -0.2) is 63.5 Å². The second-order valence-corrected chi connectivity index (χ2v) is 13.3. The molecule has 0 bridgehead atoms. The van der Waals surface area contributed by atoms with Gasteiger partial charge in [0.25, 0.3) is 0 Å². The molecular weight excluding hydrogens is 587 g/mol. The van der Waals surface area contributed by atoms with E-state index in [1.807, 2.05) is 4.57 Å². The van der Waals surface area contributed by atoms with Gasteiger partial charge in [0.2, 0.25) is 27.8 Å². The maximum absolute atomic E-state index is 12.1. The van der Waals surface area contributed by atoms with Gasteiger partial charge in [0.15, 0.2) is 5.65 Å². The van der Waals surface area contributed by atoms with Crippen LogP contribution >= 0.6 is 34.8 Å². The molecule has 11 nitrogen and oxygen atoms in total. The van der Waals surface area contributed by atoms with Crippen LogP contribution in [0.1, 0.15) is 44.6 Å². The molecule has 0 spiro atoms. The van der Waals surface area contributed by atoms with Gasteiger partial charge in [-0.15, -0.1) is 0 Å². The number of nitrogens with zero attached hydrogens (tertiary/aromatic N) is 5. The molecule has 0 radical (unpaired) electrons. The highest BCUT2D eigenvalue weighted by Crippen LogP contribution is 2.40. The maximum atomic E-state index is 12.1. The minimum absolute atomic E-state index is 0.0175. The Morgan fingerprint density at radius 3 is 2.41 bits per heavy atom. The molecule has 1 amide bonds. The van der Waals surface area contributed by atoms with E-state index in [1.165, 1.54) is 10.6 Å². The second kappa shape index (κ2) is 11.2. The molecule has 2 aliphatic rings. The zero-order valence-electron chi connectivity index (χ0n) is 21.2. The van der Waals surface area contributed by atoms with Crippen molar-refractivity contribution in [2.75, 3.05) is 30.0 Å². The first-order valence-corrected chi connectivity index (χ1v) is 15.7. The van der Waals surface area contributed by atoms with Crippen molar-refractivity contribution in [1.82, 2.24) is 23.8 Å². The molecule has 1 atom stereocenters. The molecule has 210 valence electrons. The van der Waals surface area contributed by atoms with Crippen LogP contribution in [0.3, 0.4) is 0 Å². The zero-order chi connectivity index (χ0) is 27.9. The van der Waals surface area contributed by atoms with Gasteiger partial charge in [-0.2, -0.15) is 4.98 Å². The van der Waals surface area contributed by atoms with Crippen LogP contribution < -0.4 is 16.4 Å². The second-order valence-electron chi connectivity index (χ2n) is 10.1.